The molecule has 0 atom stereocenters. The van der Waals surface area contributed by atoms with E-state index in [1.54, 1.807) is 6.20 Å². The van der Waals surface area contributed by atoms with Crippen LogP contribution in [-0.4, -0.2) is 18.9 Å². The average molecular weight is 324 g/mol. The summed E-state index contributed by atoms with van der Waals surface area (Å²) in [6.07, 6.45) is 3.62. The van der Waals surface area contributed by atoms with Gasteiger partial charge >= 0.3 is 5.65 Å². The van der Waals surface area contributed by atoms with E-state index < -0.39 is 0 Å². The maximum atomic E-state index is 4.88. The van der Waals surface area contributed by atoms with Gasteiger partial charge in [0, 0.05) is 17.8 Å². The van der Waals surface area contributed by atoms with E-state index in [9.17, 15) is 0 Å². The Morgan fingerprint density at radius 3 is 2.68 bits per heavy atom. The van der Waals surface area contributed by atoms with Gasteiger partial charge in [-0.1, -0.05) is 41.4 Å². The molecule has 0 bridgehead atoms. The molecule has 0 saturated carbocycles. The van der Waals surface area contributed by atoms with E-state index in [0.29, 0.717) is 0 Å². The zero-order valence-corrected chi connectivity index (χ0v) is 13.4. The Labute approximate surface area is 143 Å². The van der Waals surface area contributed by atoms with Gasteiger partial charge < -0.3 is 0 Å². The highest BCUT2D eigenvalue weighted by Gasteiger charge is 2.36. The van der Waals surface area contributed by atoms with Crippen molar-refractivity contribution in [3.05, 3.63) is 78.8 Å². The Bertz CT molecular complexity index is 1260. The molecule has 4 heterocycles. The molecule has 2 aromatic carbocycles. The molecule has 0 radical (unpaired) electrons. The van der Waals surface area contributed by atoms with Crippen LogP contribution in [0.15, 0.2) is 73.2 Å². The summed E-state index contributed by atoms with van der Waals surface area (Å²) < 4.78 is 6.67. The molecule has 5 heteroatoms. The standard InChI is InChI=1S/C20H14N5/c1-2-7-15(8-3-1)25-19-16-9-5-4-6-14(16)12-23(19)18-20(25)24-13-21-11-10-17(24)22-18/h1-11,13H,12H2/q+1. The van der Waals surface area contributed by atoms with E-state index in [4.69, 9.17) is 4.98 Å². The number of rotatable bonds is 1. The Morgan fingerprint density at radius 1 is 0.920 bits per heavy atom. The third kappa shape index (κ3) is 1.59. The van der Waals surface area contributed by atoms with Crippen molar-refractivity contribution in [2.24, 2.45) is 0 Å². The SMILES string of the molecule is c1ccc(-n2c3[n+](c4nc5ccncn5c42)Cc2ccccc2-3)cc1. The van der Waals surface area contributed by atoms with Crippen LogP contribution in [0.4, 0.5) is 0 Å². The normalized spacial score (nSPS) is 12.6. The quantitative estimate of drug-likeness (QED) is 0.436. The predicted molar refractivity (Wildman–Crippen MR) is 94.6 cm³/mol. The van der Waals surface area contributed by atoms with Gasteiger partial charge in [-0.05, 0) is 18.2 Å². The first kappa shape index (κ1) is 12.9. The zero-order chi connectivity index (χ0) is 16.4. The lowest BCUT2D eigenvalue weighted by Crippen LogP contribution is -2.31. The summed E-state index contributed by atoms with van der Waals surface area (Å²) in [5.41, 5.74) is 6.68. The fraction of sp³-hybridized carbons (Fsp3) is 0.0500. The van der Waals surface area contributed by atoms with Crippen LogP contribution in [0.2, 0.25) is 0 Å². The highest BCUT2D eigenvalue weighted by atomic mass is 15.3. The Morgan fingerprint density at radius 2 is 1.76 bits per heavy atom. The van der Waals surface area contributed by atoms with Crippen molar-refractivity contribution in [3.8, 4) is 17.1 Å². The van der Waals surface area contributed by atoms with E-state index in [1.165, 1.54) is 17.0 Å². The van der Waals surface area contributed by atoms with Crippen LogP contribution in [0.3, 0.4) is 0 Å². The summed E-state index contributed by atoms with van der Waals surface area (Å²) in [6.45, 7) is 0.846. The highest BCUT2D eigenvalue weighted by molar-refractivity contribution is 5.79. The highest BCUT2D eigenvalue weighted by Crippen LogP contribution is 2.33. The van der Waals surface area contributed by atoms with Crippen LogP contribution in [0.5, 0.6) is 0 Å². The molecule has 0 fully saturated rings. The number of hydrogen-bond donors (Lipinski definition) is 0. The first-order chi connectivity index (χ1) is 12.4. The third-order valence-corrected chi connectivity index (χ3v) is 4.92. The van der Waals surface area contributed by atoms with Crippen molar-refractivity contribution in [2.75, 3.05) is 0 Å². The van der Waals surface area contributed by atoms with Crippen molar-refractivity contribution in [2.45, 2.75) is 6.54 Å². The van der Waals surface area contributed by atoms with Gasteiger partial charge in [-0.2, -0.15) is 0 Å². The monoisotopic (exact) mass is 324 g/mol. The smallest absolute Gasteiger partial charge is 0.246 e. The molecule has 1 aliphatic rings. The fourth-order valence-electron chi connectivity index (χ4n) is 3.87. The van der Waals surface area contributed by atoms with Crippen LogP contribution in [0.1, 0.15) is 5.56 Å². The second-order valence-corrected chi connectivity index (χ2v) is 6.31. The van der Waals surface area contributed by atoms with Gasteiger partial charge in [-0.3, -0.25) is 0 Å². The first-order valence-corrected chi connectivity index (χ1v) is 8.32. The van der Waals surface area contributed by atoms with Crippen molar-refractivity contribution < 1.29 is 4.57 Å². The van der Waals surface area contributed by atoms with E-state index >= 15 is 0 Å². The lowest BCUT2D eigenvalue weighted by molar-refractivity contribution is -0.647. The molecule has 0 amide bonds. The van der Waals surface area contributed by atoms with Crippen LogP contribution >= 0.6 is 0 Å². The predicted octanol–water partition coefficient (Wildman–Crippen LogP) is 2.99. The molecule has 1 aliphatic heterocycles. The summed E-state index contributed by atoms with van der Waals surface area (Å²) in [7, 11) is 0. The van der Waals surface area contributed by atoms with E-state index in [1.807, 2.05) is 18.5 Å². The molecule has 0 aliphatic carbocycles. The number of para-hydroxylation sites is 1. The van der Waals surface area contributed by atoms with Gasteiger partial charge in [0.2, 0.25) is 11.5 Å². The van der Waals surface area contributed by atoms with Crippen LogP contribution in [-0.2, 0) is 6.54 Å². The summed E-state index contributed by atoms with van der Waals surface area (Å²) in [6, 6.07) is 21.0. The van der Waals surface area contributed by atoms with Crippen LogP contribution < -0.4 is 4.57 Å². The first-order valence-electron chi connectivity index (χ1n) is 8.32. The van der Waals surface area contributed by atoms with Crippen LogP contribution in [0.25, 0.3) is 34.0 Å². The second-order valence-electron chi connectivity index (χ2n) is 6.31. The summed E-state index contributed by atoms with van der Waals surface area (Å²) in [5, 5.41) is 0. The third-order valence-electron chi connectivity index (χ3n) is 4.92. The molecule has 0 N–H and O–H groups in total. The maximum Gasteiger partial charge on any atom is 0.324 e. The van der Waals surface area contributed by atoms with Gasteiger partial charge in [0.1, 0.15) is 12.0 Å². The molecule has 5 nitrogen and oxygen atoms in total. The number of nitrogens with zero attached hydrogens (tertiary/aromatic N) is 5. The summed E-state index contributed by atoms with van der Waals surface area (Å²) in [5.74, 6) is 1.18. The molecule has 5 aromatic rings. The molecule has 0 unspecified atom stereocenters. The largest absolute Gasteiger partial charge is 0.324 e. The Balaban J connectivity index is 1.84. The lowest BCUT2D eigenvalue weighted by atomic mass is 10.1. The van der Waals surface area contributed by atoms with Crippen molar-refractivity contribution in [1.29, 1.82) is 0 Å². The fourth-order valence-corrected chi connectivity index (χ4v) is 3.87. The van der Waals surface area contributed by atoms with E-state index in [-0.39, 0.29) is 0 Å². The zero-order valence-electron chi connectivity index (χ0n) is 13.4. The maximum absolute atomic E-state index is 4.88. The molecule has 3 aromatic heterocycles. The molecule has 6 rings (SSSR count). The Kier molecular flexibility index (Phi) is 2.34. The number of hydrogen-bond acceptors (Lipinski definition) is 2. The molecular weight excluding hydrogens is 310 g/mol. The lowest BCUT2D eigenvalue weighted by Gasteiger charge is -2.04. The van der Waals surface area contributed by atoms with E-state index in [2.05, 4.69) is 67.0 Å². The van der Waals surface area contributed by atoms with Crippen molar-refractivity contribution >= 4 is 16.9 Å². The molecule has 118 valence electrons. The van der Waals surface area contributed by atoms with Crippen molar-refractivity contribution in [1.82, 2.24) is 18.9 Å². The van der Waals surface area contributed by atoms with Gasteiger partial charge in [-0.15, -0.1) is 0 Å². The number of fused-ring (bicyclic) bond motifs is 7. The van der Waals surface area contributed by atoms with Crippen LogP contribution in [0, 0.1) is 0 Å². The average Bonchev–Trinajstić information content (AvgIpc) is 3.30. The number of benzene rings is 2. The molecule has 25 heavy (non-hydrogen) atoms. The molecule has 0 spiro atoms. The number of aromatic nitrogens is 5. The van der Waals surface area contributed by atoms with Gasteiger partial charge in [0.05, 0.1) is 12.1 Å². The minimum atomic E-state index is 0.846. The Hall–Kier alpha value is -3.47. The van der Waals surface area contributed by atoms with E-state index in [0.717, 1.165) is 29.2 Å². The molecular formula is C20H14N5+. The minimum absolute atomic E-state index is 0.846. The van der Waals surface area contributed by atoms with Gasteiger partial charge in [-0.25, -0.2) is 18.5 Å². The number of imidazole rings is 2. The minimum Gasteiger partial charge on any atom is -0.246 e. The van der Waals surface area contributed by atoms with Gasteiger partial charge in [0.15, 0.2) is 0 Å². The molecule has 0 saturated heterocycles. The summed E-state index contributed by atoms with van der Waals surface area (Å²) >= 11 is 0. The topological polar surface area (TPSA) is 39.0 Å². The van der Waals surface area contributed by atoms with Crippen molar-refractivity contribution in [3.63, 3.8) is 0 Å². The summed E-state index contributed by atoms with van der Waals surface area (Å²) in [4.78, 5) is 9.18. The van der Waals surface area contributed by atoms with Gasteiger partial charge in [0.25, 0.3) is 5.65 Å². The second kappa shape index (κ2) is 4.54.